The van der Waals surface area contributed by atoms with E-state index in [0.29, 0.717) is 13.1 Å². The summed E-state index contributed by atoms with van der Waals surface area (Å²) in [5.41, 5.74) is 6.07. The molecule has 0 unspecified atom stereocenters. The number of phenols is 1. The summed E-state index contributed by atoms with van der Waals surface area (Å²) in [5.74, 6) is -0.280. The molecule has 1 heterocycles. The van der Waals surface area contributed by atoms with E-state index >= 15 is 0 Å². The SMILES string of the molecule is Nc1cccc(C(=O)N2CCNCC2)c1O. The van der Waals surface area contributed by atoms with E-state index in [4.69, 9.17) is 5.73 Å². The minimum atomic E-state index is -0.161. The molecule has 86 valence electrons. The second-order valence-electron chi connectivity index (χ2n) is 3.79. The van der Waals surface area contributed by atoms with Crippen molar-refractivity contribution in [1.29, 1.82) is 0 Å². The lowest BCUT2D eigenvalue weighted by atomic mass is 10.1. The standard InChI is InChI=1S/C11H15N3O2/c12-9-3-1-2-8(10(9)15)11(16)14-6-4-13-5-7-14/h1-3,13,15H,4-7,12H2. The number of piperazine rings is 1. The van der Waals surface area contributed by atoms with Gasteiger partial charge in [-0.3, -0.25) is 4.79 Å². The third kappa shape index (κ3) is 1.94. The number of anilines is 1. The van der Waals surface area contributed by atoms with E-state index < -0.39 is 0 Å². The summed E-state index contributed by atoms with van der Waals surface area (Å²) in [7, 11) is 0. The average molecular weight is 221 g/mol. The zero-order valence-corrected chi connectivity index (χ0v) is 8.94. The fourth-order valence-electron chi connectivity index (χ4n) is 1.77. The lowest BCUT2D eigenvalue weighted by molar-refractivity contribution is 0.0733. The Labute approximate surface area is 93.9 Å². The highest BCUT2D eigenvalue weighted by Crippen LogP contribution is 2.25. The van der Waals surface area contributed by atoms with Crippen molar-refractivity contribution in [3.8, 4) is 5.75 Å². The van der Waals surface area contributed by atoms with Gasteiger partial charge >= 0.3 is 0 Å². The van der Waals surface area contributed by atoms with Crippen LogP contribution < -0.4 is 11.1 Å². The maximum Gasteiger partial charge on any atom is 0.257 e. The normalized spacial score (nSPS) is 16.1. The van der Waals surface area contributed by atoms with Crippen LogP contribution in [0.15, 0.2) is 18.2 Å². The number of nitrogens with one attached hydrogen (secondary N) is 1. The van der Waals surface area contributed by atoms with Gasteiger partial charge in [-0.25, -0.2) is 0 Å². The number of nitrogens with zero attached hydrogens (tertiary/aromatic N) is 1. The number of para-hydroxylation sites is 1. The van der Waals surface area contributed by atoms with Crippen molar-refractivity contribution in [3.63, 3.8) is 0 Å². The molecule has 16 heavy (non-hydrogen) atoms. The van der Waals surface area contributed by atoms with Crippen LogP contribution in [0.2, 0.25) is 0 Å². The number of carbonyl (C=O) groups is 1. The second-order valence-corrected chi connectivity index (χ2v) is 3.79. The predicted molar refractivity (Wildman–Crippen MR) is 61.3 cm³/mol. The van der Waals surface area contributed by atoms with Crippen LogP contribution in [0.1, 0.15) is 10.4 Å². The van der Waals surface area contributed by atoms with Gasteiger partial charge in [-0.15, -0.1) is 0 Å². The second kappa shape index (κ2) is 4.40. The first-order chi connectivity index (χ1) is 7.70. The number of nitrogens with two attached hydrogens (primary N) is 1. The minimum absolute atomic E-state index is 0.119. The van der Waals surface area contributed by atoms with Crippen LogP contribution in [0, 0.1) is 0 Å². The van der Waals surface area contributed by atoms with Gasteiger partial charge in [0.1, 0.15) is 0 Å². The van der Waals surface area contributed by atoms with E-state index in [1.54, 1.807) is 23.1 Å². The van der Waals surface area contributed by atoms with Crippen molar-refractivity contribution < 1.29 is 9.90 Å². The zero-order chi connectivity index (χ0) is 11.5. The number of amides is 1. The van der Waals surface area contributed by atoms with E-state index in [1.807, 2.05) is 0 Å². The molecule has 1 aromatic rings. The molecule has 1 aliphatic heterocycles. The molecule has 1 aliphatic rings. The van der Waals surface area contributed by atoms with Crippen LogP contribution in [-0.4, -0.2) is 42.1 Å². The number of carbonyl (C=O) groups excluding carboxylic acids is 1. The number of nitrogen functional groups attached to an aromatic ring is 1. The monoisotopic (exact) mass is 221 g/mol. The Hall–Kier alpha value is -1.75. The Morgan fingerprint density at radius 1 is 1.38 bits per heavy atom. The lowest BCUT2D eigenvalue weighted by Crippen LogP contribution is -2.46. The molecule has 1 fully saturated rings. The first-order valence-electron chi connectivity index (χ1n) is 5.27. The Kier molecular flexibility index (Phi) is 2.96. The van der Waals surface area contributed by atoms with Crippen molar-refractivity contribution in [1.82, 2.24) is 10.2 Å². The van der Waals surface area contributed by atoms with Crippen LogP contribution in [0.25, 0.3) is 0 Å². The number of hydrogen-bond acceptors (Lipinski definition) is 4. The van der Waals surface area contributed by atoms with Crippen LogP contribution >= 0.6 is 0 Å². The third-order valence-electron chi connectivity index (χ3n) is 2.70. The van der Waals surface area contributed by atoms with Gasteiger partial charge < -0.3 is 21.1 Å². The summed E-state index contributed by atoms with van der Waals surface area (Å²) in [4.78, 5) is 13.8. The van der Waals surface area contributed by atoms with Gasteiger partial charge in [0.2, 0.25) is 0 Å². The summed E-state index contributed by atoms with van der Waals surface area (Å²) in [6.45, 7) is 2.89. The molecule has 1 saturated heterocycles. The molecule has 4 N–H and O–H groups in total. The molecule has 0 spiro atoms. The predicted octanol–water partition coefficient (Wildman–Crippen LogP) is 0.0198. The molecule has 2 rings (SSSR count). The molecule has 1 amide bonds. The minimum Gasteiger partial charge on any atom is -0.505 e. The molecule has 0 aliphatic carbocycles. The summed E-state index contributed by atoms with van der Waals surface area (Å²) < 4.78 is 0. The molecule has 0 aromatic heterocycles. The molecule has 5 nitrogen and oxygen atoms in total. The van der Waals surface area contributed by atoms with Crippen LogP contribution in [-0.2, 0) is 0 Å². The highest BCUT2D eigenvalue weighted by molar-refractivity contribution is 5.98. The Balaban J connectivity index is 2.22. The van der Waals surface area contributed by atoms with Crippen molar-refractivity contribution >= 4 is 11.6 Å². The number of hydrogen-bond donors (Lipinski definition) is 3. The Morgan fingerprint density at radius 3 is 2.75 bits per heavy atom. The smallest absolute Gasteiger partial charge is 0.257 e. The summed E-state index contributed by atoms with van der Waals surface area (Å²) in [5, 5.41) is 12.9. The van der Waals surface area contributed by atoms with Crippen molar-refractivity contribution in [2.75, 3.05) is 31.9 Å². The molecule has 0 bridgehead atoms. The Morgan fingerprint density at radius 2 is 2.06 bits per heavy atom. The largest absolute Gasteiger partial charge is 0.505 e. The van der Waals surface area contributed by atoms with E-state index in [0.717, 1.165) is 13.1 Å². The van der Waals surface area contributed by atoms with Crippen LogP contribution in [0.5, 0.6) is 5.75 Å². The van der Waals surface area contributed by atoms with E-state index in [9.17, 15) is 9.90 Å². The lowest BCUT2D eigenvalue weighted by Gasteiger charge is -2.27. The van der Waals surface area contributed by atoms with Crippen LogP contribution in [0.3, 0.4) is 0 Å². The van der Waals surface area contributed by atoms with Gasteiger partial charge in [0, 0.05) is 26.2 Å². The van der Waals surface area contributed by atoms with E-state index in [1.165, 1.54) is 0 Å². The van der Waals surface area contributed by atoms with Crippen molar-refractivity contribution in [2.24, 2.45) is 0 Å². The van der Waals surface area contributed by atoms with Crippen LogP contribution in [0.4, 0.5) is 5.69 Å². The fraction of sp³-hybridized carbons (Fsp3) is 0.364. The fourth-order valence-corrected chi connectivity index (χ4v) is 1.77. The first-order valence-corrected chi connectivity index (χ1v) is 5.27. The topological polar surface area (TPSA) is 78.6 Å². The number of phenolic OH excluding ortho intramolecular Hbond substituents is 1. The number of rotatable bonds is 1. The molecular formula is C11H15N3O2. The summed E-state index contributed by atoms with van der Waals surface area (Å²) in [6, 6.07) is 4.84. The molecule has 0 radical (unpaired) electrons. The number of aromatic hydroxyl groups is 1. The maximum absolute atomic E-state index is 12.1. The molecule has 0 saturated carbocycles. The van der Waals surface area contributed by atoms with E-state index in [-0.39, 0.29) is 22.9 Å². The summed E-state index contributed by atoms with van der Waals surface area (Å²) in [6.07, 6.45) is 0. The van der Waals surface area contributed by atoms with Gasteiger partial charge in [-0.1, -0.05) is 6.07 Å². The first kappa shape index (κ1) is 10.8. The molecule has 0 atom stereocenters. The van der Waals surface area contributed by atoms with Gasteiger partial charge in [-0.05, 0) is 12.1 Å². The van der Waals surface area contributed by atoms with Gasteiger partial charge in [0.15, 0.2) is 5.75 Å². The highest BCUT2D eigenvalue weighted by Gasteiger charge is 2.21. The highest BCUT2D eigenvalue weighted by atomic mass is 16.3. The van der Waals surface area contributed by atoms with E-state index in [2.05, 4.69) is 5.32 Å². The summed E-state index contributed by atoms with van der Waals surface area (Å²) >= 11 is 0. The maximum atomic E-state index is 12.1. The Bertz CT molecular complexity index is 400. The van der Waals surface area contributed by atoms with Gasteiger partial charge in [-0.2, -0.15) is 0 Å². The average Bonchev–Trinajstić information content (AvgIpc) is 2.33. The zero-order valence-electron chi connectivity index (χ0n) is 8.94. The van der Waals surface area contributed by atoms with Gasteiger partial charge in [0.05, 0.1) is 11.3 Å². The van der Waals surface area contributed by atoms with Gasteiger partial charge in [0.25, 0.3) is 5.91 Å². The van der Waals surface area contributed by atoms with Crippen molar-refractivity contribution in [3.05, 3.63) is 23.8 Å². The number of benzene rings is 1. The van der Waals surface area contributed by atoms with Crippen molar-refractivity contribution in [2.45, 2.75) is 0 Å². The molecular weight excluding hydrogens is 206 g/mol. The molecule has 1 aromatic carbocycles. The third-order valence-corrected chi connectivity index (χ3v) is 2.70. The quantitative estimate of drug-likeness (QED) is 0.461. The molecule has 5 heteroatoms.